The second-order valence-corrected chi connectivity index (χ2v) is 10.1. The van der Waals surface area contributed by atoms with Crippen molar-refractivity contribution in [2.24, 2.45) is 11.7 Å². The monoisotopic (exact) mass is 312 g/mol. The molecular weight excluding hydrogens is 288 g/mol. The van der Waals surface area contributed by atoms with Gasteiger partial charge in [-0.3, -0.25) is 0 Å². The zero-order valence-electron chi connectivity index (χ0n) is 11.7. The van der Waals surface area contributed by atoms with Crippen molar-refractivity contribution in [2.45, 2.75) is 38.0 Å². The van der Waals surface area contributed by atoms with Crippen LogP contribution >= 0.6 is 0 Å². The normalized spacial score (nSPS) is 25.1. The van der Waals surface area contributed by atoms with Gasteiger partial charge in [-0.15, -0.1) is 0 Å². The Balaban J connectivity index is 2.63. The van der Waals surface area contributed by atoms with Crippen molar-refractivity contribution in [3.8, 4) is 0 Å². The third-order valence-electron chi connectivity index (χ3n) is 3.68. The highest BCUT2D eigenvalue weighted by molar-refractivity contribution is 7.95. The molecule has 2 N–H and O–H groups in total. The van der Waals surface area contributed by atoms with Crippen LogP contribution in [0.25, 0.3) is 0 Å². The molecule has 0 amide bonds. The summed E-state index contributed by atoms with van der Waals surface area (Å²) in [6, 6.07) is -0.0510. The average Bonchev–Trinajstić information content (AvgIpc) is 2.66. The van der Waals surface area contributed by atoms with Gasteiger partial charge >= 0.3 is 0 Å². The number of hydrogen-bond donors (Lipinski definition) is 1. The summed E-state index contributed by atoms with van der Waals surface area (Å²) in [7, 11) is -5.23. The van der Waals surface area contributed by atoms with Gasteiger partial charge < -0.3 is 5.73 Å². The van der Waals surface area contributed by atoms with E-state index in [0.717, 1.165) is 0 Å². The summed E-state index contributed by atoms with van der Waals surface area (Å²) in [4.78, 5) is 0. The topological polar surface area (TPSA) is 97.5 Å². The third-order valence-corrected chi connectivity index (χ3v) is 7.96. The minimum atomic E-state index is -3.53. The molecule has 1 fully saturated rings. The quantitative estimate of drug-likeness (QED) is 0.733. The second-order valence-electron chi connectivity index (χ2n) is 5.59. The van der Waals surface area contributed by atoms with Gasteiger partial charge in [-0.25, -0.2) is 21.1 Å². The van der Waals surface area contributed by atoms with Crippen molar-refractivity contribution in [2.75, 3.05) is 25.1 Å². The number of nitrogens with zero attached hydrogens (tertiary/aromatic N) is 1. The predicted octanol–water partition coefficient (Wildman–Crippen LogP) is -0.191. The number of sulfonamides is 1. The van der Waals surface area contributed by atoms with Crippen LogP contribution in [-0.4, -0.2) is 57.5 Å². The van der Waals surface area contributed by atoms with Crippen LogP contribution in [0, 0.1) is 5.92 Å². The number of hydrogen-bond acceptors (Lipinski definition) is 5. The van der Waals surface area contributed by atoms with Crippen LogP contribution < -0.4 is 5.73 Å². The van der Waals surface area contributed by atoms with E-state index in [-0.39, 0.29) is 24.0 Å². The van der Waals surface area contributed by atoms with E-state index in [1.807, 2.05) is 13.8 Å². The van der Waals surface area contributed by atoms with E-state index >= 15 is 0 Å². The van der Waals surface area contributed by atoms with E-state index in [9.17, 15) is 16.8 Å². The summed E-state index contributed by atoms with van der Waals surface area (Å²) in [6.07, 6.45) is 0.776. The Bertz CT molecular complexity index is 499. The zero-order chi connectivity index (χ0) is 14.8. The molecule has 0 aromatic carbocycles. The smallest absolute Gasteiger partial charge is 0.217 e. The lowest BCUT2D eigenvalue weighted by Crippen LogP contribution is -2.39. The third kappa shape index (κ3) is 4.40. The Hall–Kier alpha value is -0.180. The first-order valence-corrected chi connectivity index (χ1v) is 9.80. The largest absolute Gasteiger partial charge is 0.327 e. The van der Waals surface area contributed by atoms with Crippen molar-refractivity contribution in [3.05, 3.63) is 0 Å². The summed E-state index contributed by atoms with van der Waals surface area (Å²) >= 11 is 0. The van der Waals surface area contributed by atoms with E-state index in [1.165, 1.54) is 11.4 Å². The van der Waals surface area contributed by atoms with Crippen LogP contribution in [-0.2, 0) is 19.9 Å². The van der Waals surface area contributed by atoms with E-state index in [4.69, 9.17) is 5.73 Å². The maximum Gasteiger partial charge on any atom is 0.217 e. The molecule has 0 aliphatic carbocycles. The zero-order valence-corrected chi connectivity index (χ0v) is 13.4. The molecule has 8 heteroatoms. The van der Waals surface area contributed by atoms with Crippen LogP contribution in [0.5, 0.6) is 0 Å². The second kappa shape index (κ2) is 6.07. The van der Waals surface area contributed by atoms with E-state index in [0.29, 0.717) is 18.9 Å². The Morgan fingerprint density at radius 1 is 1.37 bits per heavy atom. The van der Waals surface area contributed by atoms with Gasteiger partial charge in [0, 0.05) is 19.6 Å². The molecule has 0 aromatic heterocycles. The van der Waals surface area contributed by atoms with Gasteiger partial charge in [-0.05, 0) is 18.8 Å². The van der Waals surface area contributed by atoms with Crippen molar-refractivity contribution >= 4 is 19.9 Å². The average molecular weight is 312 g/mol. The lowest BCUT2D eigenvalue weighted by molar-refractivity contribution is 0.394. The Kier molecular flexibility index (Phi) is 5.39. The van der Waals surface area contributed by atoms with E-state index in [2.05, 4.69) is 0 Å². The Morgan fingerprint density at radius 3 is 2.37 bits per heavy atom. The molecule has 0 radical (unpaired) electrons. The molecule has 0 bridgehead atoms. The fraction of sp³-hybridized carbons (Fsp3) is 1.00. The molecular formula is C11H24N2O4S2. The molecule has 1 aliphatic heterocycles. The first-order chi connectivity index (χ1) is 8.56. The number of nitrogens with two attached hydrogens (primary N) is 1. The molecule has 1 saturated heterocycles. The minimum absolute atomic E-state index is 0.0315. The van der Waals surface area contributed by atoms with Gasteiger partial charge in [-0.2, -0.15) is 0 Å². The van der Waals surface area contributed by atoms with Crippen molar-refractivity contribution < 1.29 is 16.8 Å². The highest BCUT2D eigenvalue weighted by Crippen LogP contribution is 2.21. The predicted molar refractivity (Wildman–Crippen MR) is 76.0 cm³/mol. The first kappa shape index (κ1) is 16.9. The molecule has 6 nitrogen and oxygen atoms in total. The van der Waals surface area contributed by atoms with Crippen LogP contribution in [0.4, 0.5) is 0 Å². The van der Waals surface area contributed by atoms with Gasteiger partial charge in [0.15, 0.2) is 9.84 Å². The molecule has 0 saturated carbocycles. The summed E-state index contributed by atoms with van der Waals surface area (Å²) in [5.41, 5.74) is 5.89. The maximum absolute atomic E-state index is 12.2. The number of sulfone groups is 1. The van der Waals surface area contributed by atoms with E-state index < -0.39 is 25.1 Å². The summed E-state index contributed by atoms with van der Waals surface area (Å²) < 4.78 is 48.4. The lowest BCUT2D eigenvalue weighted by atomic mass is 10.0. The van der Waals surface area contributed by atoms with Crippen molar-refractivity contribution in [1.29, 1.82) is 0 Å². The molecule has 114 valence electrons. The SMILES string of the molecule is CC(C)C(N)CCN(C)S(=O)(=O)C1CCS(=O)(=O)C1. The standard InChI is InChI=1S/C11H24N2O4S2/c1-9(2)11(12)4-6-13(3)19(16,17)10-5-7-18(14,15)8-10/h9-11H,4-8,12H2,1-3H3. The van der Waals surface area contributed by atoms with Crippen LogP contribution in [0.15, 0.2) is 0 Å². The van der Waals surface area contributed by atoms with Crippen LogP contribution in [0.2, 0.25) is 0 Å². The van der Waals surface area contributed by atoms with Gasteiger partial charge in [0.1, 0.15) is 0 Å². The Morgan fingerprint density at radius 2 is 1.95 bits per heavy atom. The molecule has 2 unspecified atom stereocenters. The van der Waals surface area contributed by atoms with Crippen molar-refractivity contribution in [1.82, 2.24) is 4.31 Å². The van der Waals surface area contributed by atoms with Crippen molar-refractivity contribution in [3.63, 3.8) is 0 Å². The van der Waals surface area contributed by atoms with E-state index in [1.54, 1.807) is 0 Å². The molecule has 1 aliphatic rings. The van der Waals surface area contributed by atoms with Gasteiger partial charge in [0.05, 0.1) is 16.8 Å². The lowest BCUT2D eigenvalue weighted by Gasteiger charge is -2.23. The molecule has 0 aromatic rings. The summed E-state index contributed by atoms with van der Waals surface area (Å²) in [5.74, 6) is 0.00885. The highest BCUT2D eigenvalue weighted by atomic mass is 32.2. The first-order valence-electron chi connectivity index (χ1n) is 6.47. The van der Waals surface area contributed by atoms with Crippen LogP contribution in [0.3, 0.4) is 0 Å². The summed E-state index contributed by atoms with van der Waals surface area (Å²) in [6.45, 7) is 4.31. The van der Waals surface area contributed by atoms with Gasteiger partial charge in [0.25, 0.3) is 0 Å². The van der Waals surface area contributed by atoms with Crippen LogP contribution in [0.1, 0.15) is 26.7 Å². The number of rotatable bonds is 6. The Labute approximate surface area is 116 Å². The maximum atomic E-state index is 12.2. The minimum Gasteiger partial charge on any atom is -0.327 e. The summed E-state index contributed by atoms with van der Waals surface area (Å²) in [5, 5.41) is -0.794. The van der Waals surface area contributed by atoms with Gasteiger partial charge in [-0.1, -0.05) is 13.8 Å². The molecule has 2 atom stereocenters. The highest BCUT2D eigenvalue weighted by Gasteiger charge is 2.39. The molecule has 19 heavy (non-hydrogen) atoms. The molecule has 1 heterocycles. The fourth-order valence-electron chi connectivity index (χ4n) is 2.04. The molecule has 0 spiro atoms. The van der Waals surface area contributed by atoms with Gasteiger partial charge in [0.2, 0.25) is 10.0 Å². The molecule has 1 rings (SSSR count). The fourth-order valence-corrected chi connectivity index (χ4v) is 6.33.